The molecule has 1 aromatic heterocycles. The molecule has 0 radical (unpaired) electrons. The molecule has 1 fully saturated rings. The van der Waals surface area contributed by atoms with Gasteiger partial charge in [0.15, 0.2) is 0 Å². The highest BCUT2D eigenvalue weighted by Crippen LogP contribution is 2.27. The van der Waals surface area contributed by atoms with Crippen LogP contribution in [0.2, 0.25) is 0 Å². The molecule has 0 spiro atoms. The number of likely N-dealkylation sites (tertiary alicyclic amines) is 1. The second kappa shape index (κ2) is 6.75. The fraction of sp³-hybridized carbons (Fsp3) is 0.471. The van der Waals surface area contributed by atoms with Crippen LogP contribution in [-0.4, -0.2) is 35.6 Å². The summed E-state index contributed by atoms with van der Waals surface area (Å²) in [7, 11) is 0. The van der Waals surface area contributed by atoms with E-state index in [1.165, 1.54) is 43.1 Å². The first-order valence-electron chi connectivity index (χ1n) is 7.77. The lowest BCUT2D eigenvalue weighted by Crippen LogP contribution is -2.41. The molecule has 3 nitrogen and oxygen atoms in total. The lowest BCUT2D eigenvalue weighted by Gasteiger charge is -2.32. The number of nitrogens with one attached hydrogen (secondary N) is 1. The van der Waals surface area contributed by atoms with Gasteiger partial charge >= 0.3 is 0 Å². The molecule has 1 saturated heterocycles. The summed E-state index contributed by atoms with van der Waals surface area (Å²) in [6.07, 6.45) is 5.93. The molecule has 1 aliphatic rings. The molecule has 1 aromatic carbocycles. The molecule has 4 heteroatoms. The zero-order chi connectivity index (χ0) is 14.7. The van der Waals surface area contributed by atoms with E-state index in [1.807, 2.05) is 6.20 Å². The van der Waals surface area contributed by atoms with E-state index >= 15 is 0 Å². The SMILES string of the molecule is CC(CNc1nccc2c(Br)cccc12)N1CCCCC1. The lowest BCUT2D eigenvalue weighted by molar-refractivity contribution is 0.180. The molecule has 2 heterocycles. The average molecular weight is 348 g/mol. The van der Waals surface area contributed by atoms with E-state index in [0.717, 1.165) is 16.8 Å². The van der Waals surface area contributed by atoms with E-state index in [-0.39, 0.29) is 0 Å². The Hall–Kier alpha value is -1.13. The van der Waals surface area contributed by atoms with E-state index < -0.39 is 0 Å². The van der Waals surface area contributed by atoms with Crippen molar-refractivity contribution in [3.8, 4) is 0 Å². The number of piperidine rings is 1. The Balaban J connectivity index is 1.71. The van der Waals surface area contributed by atoms with E-state index in [1.54, 1.807) is 0 Å². The zero-order valence-corrected chi connectivity index (χ0v) is 14.1. The van der Waals surface area contributed by atoms with Crippen LogP contribution in [0.5, 0.6) is 0 Å². The molecule has 1 unspecified atom stereocenters. The molecule has 112 valence electrons. The Kier molecular flexibility index (Phi) is 4.76. The fourth-order valence-electron chi connectivity index (χ4n) is 3.04. The van der Waals surface area contributed by atoms with Crippen LogP contribution in [0.1, 0.15) is 26.2 Å². The number of nitrogens with zero attached hydrogens (tertiary/aromatic N) is 2. The highest BCUT2D eigenvalue weighted by molar-refractivity contribution is 9.10. The van der Waals surface area contributed by atoms with Gasteiger partial charge in [-0.05, 0) is 45.0 Å². The molecule has 0 aliphatic carbocycles. The highest BCUT2D eigenvalue weighted by atomic mass is 79.9. The van der Waals surface area contributed by atoms with Crippen molar-refractivity contribution in [3.63, 3.8) is 0 Å². The number of aromatic nitrogens is 1. The molecular formula is C17H22BrN3. The predicted molar refractivity (Wildman–Crippen MR) is 92.8 cm³/mol. The average Bonchev–Trinajstić information content (AvgIpc) is 2.54. The number of benzene rings is 1. The molecule has 0 saturated carbocycles. The van der Waals surface area contributed by atoms with Crippen molar-refractivity contribution in [1.29, 1.82) is 0 Å². The van der Waals surface area contributed by atoms with Crippen LogP contribution < -0.4 is 5.32 Å². The summed E-state index contributed by atoms with van der Waals surface area (Å²) < 4.78 is 1.12. The Morgan fingerprint density at radius 1 is 1.19 bits per heavy atom. The first kappa shape index (κ1) is 14.8. The van der Waals surface area contributed by atoms with Crippen LogP contribution in [0.25, 0.3) is 10.8 Å². The quantitative estimate of drug-likeness (QED) is 0.894. The summed E-state index contributed by atoms with van der Waals surface area (Å²) in [5.41, 5.74) is 0. The van der Waals surface area contributed by atoms with Gasteiger partial charge in [0.25, 0.3) is 0 Å². The largest absolute Gasteiger partial charge is 0.368 e. The Morgan fingerprint density at radius 3 is 2.81 bits per heavy atom. The summed E-state index contributed by atoms with van der Waals surface area (Å²) in [6, 6.07) is 8.87. The zero-order valence-electron chi connectivity index (χ0n) is 12.5. The number of hydrogen-bond donors (Lipinski definition) is 1. The van der Waals surface area contributed by atoms with Gasteiger partial charge in [-0.1, -0.05) is 34.5 Å². The van der Waals surface area contributed by atoms with Gasteiger partial charge in [0.05, 0.1) is 0 Å². The maximum atomic E-state index is 4.51. The fourth-order valence-corrected chi connectivity index (χ4v) is 3.54. The molecule has 3 rings (SSSR count). The molecule has 1 atom stereocenters. The van der Waals surface area contributed by atoms with Crippen LogP contribution in [0, 0.1) is 0 Å². The summed E-state index contributed by atoms with van der Waals surface area (Å²) in [6.45, 7) is 5.71. The Labute approximate surface area is 134 Å². The third-order valence-electron chi connectivity index (χ3n) is 4.33. The van der Waals surface area contributed by atoms with Crippen LogP contribution in [-0.2, 0) is 0 Å². The van der Waals surface area contributed by atoms with Crippen LogP contribution in [0.4, 0.5) is 5.82 Å². The van der Waals surface area contributed by atoms with Gasteiger partial charge < -0.3 is 5.32 Å². The maximum absolute atomic E-state index is 4.51. The maximum Gasteiger partial charge on any atom is 0.133 e. The summed E-state index contributed by atoms with van der Waals surface area (Å²) in [5, 5.41) is 5.93. The predicted octanol–water partition coefficient (Wildman–Crippen LogP) is 4.28. The summed E-state index contributed by atoms with van der Waals surface area (Å²) in [5.74, 6) is 0.984. The van der Waals surface area contributed by atoms with Gasteiger partial charge in [0.1, 0.15) is 5.82 Å². The first-order chi connectivity index (χ1) is 10.3. The van der Waals surface area contributed by atoms with Gasteiger partial charge in [0, 0.05) is 34.0 Å². The van der Waals surface area contributed by atoms with Gasteiger partial charge in [-0.25, -0.2) is 4.98 Å². The standard InChI is InChI=1S/C17H22BrN3/c1-13(21-10-3-2-4-11-21)12-20-17-15-6-5-7-16(18)14(15)8-9-19-17/h5-9,13H,2-4,10-12H2,1H3,(H,19,20). The molecule has 21 heavy (non-hydrogen) atoms. The van der Waals surface area contributed by atoms with E-state index in [2.05, 4.69) is 62.3 Å². The van der Waals surface area contributed by atoms with Gasteiger partial charge in [0.2, 0.25) is 0 Å². The van der Waals surface area contributed by atoms with E-state index in [0.29, 0.717) is 6.04 Å². The normalized spacial score (nSPS) is 17.8. The van der Waals surface area contributed by atoms with Gasteiger partial charge in [-0.2, -0.15) is 0 Å². The third-order valence-corrected chi connectivity index (χ3v) is 5.02. The summed E-state index contributed by atoms with van der Waals surface area (Å²) >= 11 is 3.61. The molecule has 0 amide bonds. The van der Waals surface area contributed by atoms with Gasteiger partial charge in [-0.15, -0.1) is 0 Å². The second-order valence-corrected chi connectivity index (χ2v) is 6.68. The molecule has 0 bridgehead atoms. The highest BCUT2D eigenvalue weighted by Gasteiger charge is 2.16. The number of pyridine rings is 1. The van der Waals surface area contributed by atoms with Crippen LogP contribution in [0.3, 0.4) is 0 Å². The van der Waals surface area contributed by atoms with Gasteiger partial charge in [-0.3, -0.25) is 4.90 Å². The summed E-state index contributed by atoms with van der Waals surface area (Å²) in [4.78, 5) is 7.10. The minimum absolute atomic E-state index is 0.550. The number of halogens is 1. The topological polar surface area (TPSA) is 28.2 Å². The number of rotatable bonds is 4. The van der Waals surface area contributed by atoms with Crippen molar-refractivity contribution in [3.05, 3.63) is 34.9 Å². The van der Waals surface area contributed by atoms with E-state index in [9.17, 15) is 0 Å². The monoisotopic (exact) mass is 347 g/mol. The minimum atomic E-state index is 0.550. The second-order valence-electron chi connectivity index (χ2n) is 5.82. The first-order valence-corrected chi connectivity index (χ1v) is 8.56. The van der Waals surface area contributed by atoms with E-state index in [4.69, 9.17) is 0 Å². The number of anilines is 1. The number of fused-ring (bicyclic) bond motifs is 1. The van der Waals surface area contributed by atoms with Crippen molar-refractivity contribution in [2.45, 2.75) is 32.2 Å². The van der Waals surface area contributed by atoms with Crippen LogP contribution in [0.15, 0.2) is 34.9 Å². The molecule has 2 aromatic rings. The van der Waals surface area contributed by atoms with Crippen molar-refractivity contribution >= 4 is 32.5 Å². The molecule has 1 aliphatic heterocycles. The Bertz CT molecular complexity index is 608. The molecule has 1 N–H and O–H groups in total. The smallest absolute Gasteiger partial charge is 0.133 e. The van der Waals surface area contributed by atoms with Crippen molar-refractivity contribution in [1.82, 2.24) is 9.88 Å². The van der Waals surface area contributed by atoms with Crippen molar-refractivity contribution in [2.75, 3.05) is 25.0 Å². The van der Waals surface area contributed by atoms with Crippen LogP contribution >= 0.6 is 15.9 Å². The lowest BCUT2D eigenvalue weighted by atomic mass is 10.1. The van der Waals surface area contributed by atoms with Crippen molar-refractivity contribution < 1.29 is 0 Å². The number of hydrogen-bond acceptors (Lipinski definition) is 3. The third kappa shape index (κ3) is 3.38. The van der Waals surface area contributed by atoms with Crippen molar-refractivity contribution in [2.24, 2.45) is 0 Å². The Morgan fingerprint density at radius 2 is 2.00 bits per heavy atom. The minimum Gasteiger partial charge on any atom is -0.368 e. The molecular weight excluding hydrogens is 326 g/mol.